The molecule has 4 unspecified atom stereocenters. The molecule has 1 aromatic rings. The van der Waals surface area contributed by atoms with Gasteiger partial charge in [0, 0.05) is 24.9 Å². The molecule has 0 aliphatic heterocycles. The number of hydrogen-bond acceptors (Lipinski definition) is 8. The molecule has 0 spiro atoms. The molecule has 3 amide bonds. The van der Waals surface area contributed by atoms with Crippen molar-refractivity contribution in [1.29, 1.82) is 0 Å². The van der Waals surface area contributed by atoms with E-state index >= 15 is 0 Å². The minimum atomic E-state index is -1.46. The van der Waals surface area contributed by atoms with Gasteiger partial charge in [-0.25, -0.2) is 9.78 Å². The summed E-state index contributed by atoms with van der Waals surface area (Å²) >= 11 is 0. The maximum absolute atomic E-state index is 12.7. The Morgan fingerprint density at radius 3 is 2.21 bits per heavy atom. The molecule has 0 aliphatic carbocycles. The van der Waals surface area contributed by atoms with Crippen LogP contribution in [0.5, 0.6) is 0 Å². The van der Waals surface area contributed by atoms with E-state index in [4.69, 9.17) is 17.2 Å². The minimum Gasteiger partial charge on any atom is -0.480 e. The number of aliphatic hydroxyl groups is 1. The molecule has 184 valence electrons. The van der Waals surface area contributed by atoms with Crippen LogP contribution < -0.4 is 33.2 Å². The predicted octanol–water partition coefficient (Wildman–Crippen LogP) is -4.12. The maximum Gasteiger partial charge on any atom is 0.326 e. The van der Waals surface area contributed by atoms with E-state index in [1.165, 1.54) is 19.4 Å². The predicted molar refractivity (Wildman–Crippen MR) is 116 cm³/mol. The third-order valence-electron chi connectivity index (χ3n) is 4.40. The molecule has 0 radical (unpaired) electrons. The Kier molecular flexibility index (Phi) is 11.3. The van der Waals surface area contributed by atoms with E-state index < -0.39 is 54.5 Å². The fourth-order valence-corrected chi connectivity index (χ4v) is 2.63. The first-order valence-corrected chi connectivity index (χ1v) is 10.1. The van der Waals surface area contributed by atoms with Crippen LogP contribution in [0.25, 0.3) is 0 Å². The third kappa shape index (κ3) is 9.96. The number of amides is 3. The molecule has 0 fully saturated rings. The summed E-state index contributed by atoms with van der Waals surface area (Å²) in [5, 5.41) is 25.9. The van der Waals surface area contributed by atoms with Gasteiger partial charge in [-0.3, -0.25) is 19.4 Å². The standard InChI is InChI=1S/C18H31N9O6/c1-9(19)14(29)26-12(5-10-6-22-8-24-10)15(30)27-13(7-28)16(31)25-11(17(32)33)3-2-4-23-18(20)21/h6,8-9,11-13,28H,2-5,7,19H2,1H3,(H,22,24)(H,25,31)(H,26,29)(H,27,30)(H,32,33)(H4,20,21,23). The number of nitrogens with one attached hydrogen (secondary N) is 4. The van der Waals surface area contributed by atoms with Crippen LogP contribution in [-0.4, -0.2) is 87.2 Å². The van der Waals surface area contributed by atoms with E-state index in [0.717, 1.165) is 0 Å². The Balaban J connectivity index is 2.81. The van der Waals surface area contributed by atoms with Crippen LogP contribution in [0.1, 0.15) is 25.5 Å². The summed E-state index contributed by atoms with van der Waals surface area (Å²) in [6, 6.07) is -4.79. The number of carbonyl (C=O) groups is 4. The van der Waals surface area contributed by atoms with Crippen molar-refractivity contribution in [2.75, 3.05) is 13.2 Å². The Morgan fingerprint density at radius 2 is 1.70 bits per heavy atom. The van der Waals surface area contributed by atoms with E-state index in [9.17, 15) is 29.4 Å². The number of carboxylic acid groups (broad SMARTS) is 1. The summed E-state index contributed by atoms with van der Waals surface area (Å²) < 4.78 is 0. The molecule has 0 saturated carbocycles. The number of rotatable bonds is 14. The van der Waals surface area contributed by atoms with Crippen LogP contribution in [0.4, 0.5) is 0 Å². The van der Waals surface area contributed by atoms with Crippen LogP contribution in [0.15, 0.2) is 17.5 Å². The van der Waals surface area contributed by atoms with E-state index in [2.05, 4.69) is 30.9 Å². The minimum absolute atomic E-state index is 0.00655. The van der Waals surface area contributed by atoms with E-state index in [0.29, 0.717) is 5.69 Å². The molecule has 4 atom stereocenters. The first-order valence-electron chi connectivity index (χ1n) is 10.1. The Bertz CT molecular complexity index is 823. The number of nitrogens with two attached hydrogens (primary N) is 3. The van der Waals surface area contributed by atoms with Crippen LogP contribution in [-0.2, 0) is 25.6 Å². The SMILES string of the molecule is CC(N)C(=O)NC(Cc1cnc[nH]1)C(=O)NC(CO)C(=O)NC(CCCN=C(N)N)C(=O)O. The number of aliphatic imine (C=N–C) groups is 1. The highest BCUT2D eigenvalue weighted by Crippen LogP contribution is 2.02. The van der Waals surface area contributed by atoms with Gasteiger partial charge in [0.2, 0.25) is 17.7 Å². The van der Waals surface area contributed by atoms with Crippen molar-refractivity contribution < 1.29 is 29.4 Å². The van der Waals surface area contributed by atoms with E-state index in [-0.39, 0.29) is 31.8 Å². The molecule has 33 heavy (non-hydrogen) atoms. The zero-order valence-corrected chi connectivity index (χ0v) is 18.2. The van der Waals surface area contributed by atoms with Gasteiger partial charge in [0.1, 0.15) is 18.1 Å². The van der Waals surface area contributed by atoms with Crippen molar-refractivity contribution in [3.8, 4) is 0 Å². The molecule has 1 heterocycles. The number of nitrogens with zero attached hydrogens (tertiary/aromatic N) is 2. The quantitative estimate of drug-likeness (QED) is 0.0721. The second-order valence-electron chi connectivity index (χ2n) is 7.22. The zero-order valence-electron chi connectivity index (χ0n) is 18.2. The number of aliphatic carboxylic acids is 1. The van der Waals surface area contributed by atoms with Gasteiger partial charge in [-0.05, 0) is 19.8 Å². The lowest BCUT2D eigenvalue weighted by atomic mass is 10.1. The zero-order chi connectivity index (χ0) is 25.0. The van der Waals surface area contributed by atoms with Gasteiger partial charge in [0.05, 0.1) is 19.0 Å². The average Bonchev–Trinajstić information content (AvgIpc) is 3.25. The lowest BCUT2D eigenvalue weighted by Crippen LogP contribution is -2.58. The highest BCUT2D eigenvalue weighted by atomic mass is 16.4. The van der Waals surface area contributed by atoms with Crippen LogP contribution in [0, 0.1) is 0 Å². The topological polar surface area (TPSA) is 264 Å². The number of aromatic nitrogens is 2. The van der Waals surface area contributed by atoms with Gasteiger partial charge in [0.25, 0.3) is 0 Å². The van der Waals surface area contributed by atoms with Gasteiger partial charge < -0.3 is 48.3 Å². The molecule has 15 heteroatoms. The summed E-state index contributed by atoms with van der Waals surface area (Å²) in [7, 11) is 0. The summed E-state index contributed by atoms with van der Waals surface area (Å²) in [5.41, 5.74) is 16.5. The van der Waals surface area contributed by atoms with Crippen molar-refractivity contribution in [3.63, 3.8) is 0 Å². The number of aliphatic hydroxyl groups excluding tert-OH is 1. The van der Waals surface area contributed by atoms with Crippen molar-refractivity contribution in [3.05, 3.63) is 18.2 Å². The van der Waals surface area contributed by atoms with Crippen molar-refractivity contribution in [2.45, 2.75) is 50.4 Å². The molecular weight excluding hydrogens is 438 g/mol. The second kappa shape index (κ2) is 13.6. The van der Waals surface area contributed by atoms with E-state index in [1.807, 2.05) is 0 Å². The number of H-pyrrole nitrogens is 1. The molecule has 12 N–H and O–H groups in total. The highest BCUT2D eigenvalue weighted by Gasteiger charge is 2.29. The molecule has 1 aromatic heterocycles. The number of imidazole rings is 1. The Morgan fingerprint density at radius 1 is 1.09 bits per heavy atom. The normalized spacial score (nSPS) is 14.3. The maximum atomic E-state index is 12.7. The van der Waals surface area contributed by atoms with Crippen LogP contribution in [0.3, 0.4) is 0 Å². The highest BCUT2D eigenvalue weighted by molar-refractivity contribution is 5.94. The molecule has 0 aromatic carbocycles. The Labute approximate surface area is 189 Å². The van der Waals surface area contributed by atoms with Crippen LogP contribution in [0.2, 0.25) is 0 Å². The van der Waals surface area contributed by atoms with Crippen molar-refractivity contribution >= 4 is 29.7 Å². The summed E-state index contributed by atoms with van der Waals surface area (Å²) in [6.45, 7) is 0.788. The van der Waals surface area contributed by atoms with Gasteiger partial charge in [-0.1, -0.05) is 0 Å². The van der Waals surface area contributed by atoms with Crippen molar-refractivity contribution in [1.82, 2.24) is 25.9 Å². The van der Waals surface area contributed by atoms with Gasteiger partial charge in [0.15, 0.2) is 5.96 Å². The molecular formula is C18H31N9O6. The third-order valence-corrected chi connectivity index (χ3v) is 4.40. The smallest absolute Gasteiger partial charge is 0.326 e. The number of carbonyl (C=O) groups excluding carboxylic acids is 3. The molecule has 15 nitrogen and oxygen atoms in total. The lowest BCUT2D eigenvalue weighted by molar-refractivity contribution is -0.142. The average molecular weight is 470 g/mol. The second-order valence-corrected chi connectivity index (χ2v) is 7.22. The van der Waals surface area contributed by atoms with Gasteiger partial charge in [-0.15, -0.1) is 0 Å². The first-order chi connectivity index (χ1) is 15.5. The number of hydrogen-bond donors (Lipinski definition) is 9. The summed E-state index contributed by atoms with van der Waals surface area (Å²) in [5.74, 6) is -3.76. The summed E-state index contributed by atoms with van der Waals surface area (Å²) in [4.78, 5) is 59.1. The van der Waals surface area contributed by atoms with E-state index in [1.54, 1.807) is 0 Å². The number of guanidine groups is 1. The van der Waals surface area contributed by atoms with Gasteiger partial charge in [-0.2, -0.15) is 0 Å². The molecule has 0 saturated heterocycles. The lowest BCUT2D eigenvalue weighted by Gasteiger charge is -2.23. The number of aromatic amines is 1. The molecule has 0 aliphatic rings. The van der Waals surface area contributed by atoms with Crippen molar-refractivity contribution in [2.24, 2.45) is 22.2 Å². The number of carboxylic acids is 1. The fourth-order valence-electron chi connectivity index (χ4n) is 2.63. The van der Waals surface area contributed by atoms with Crippen LogP contribution >= 0.6 is 0 Å². The monoisotopic (exact) mass is 469 g/mol. The Hall–Kier alpha value is -3.72. The fraction of sp³-hybridized carbons (Fsp3) is 0.556. The van der Waals surface area contributed by atoms with Gasteiger partial charge >= 0.3 is 5.97 Å². The largest absolute Gasteiger partial charge is 0.480 e. The molecule has 0 bridgehead atoms. The summed E-state index contributed by atoms with van der Waals surface area (Å²) in [6.07, 6.45) is 3.12. The first kappa shape index (κ1) is 27.3. The molecule has 1 rings (SSSR count).